The Labute approximate surface area is 155 Å². The third-order valence-corrected chi connectivity index (χ3v) is 5.00. The van der Waals surface area contributed by atoms with Crippen molar-refractivity contribution in [3.63, 3.8) is 0 Å². The third kappa shape index (κ3) is 2.65. The molecule has 1 aliphatic heterocycles. The first-order valence-corrected chi connectivity index (χ1v) is 8.95. The third-order valence-electron chi connectivity index (χ3n) is 5.00. The smallest absolute Gasteiger partial charge is 0.330 e. The summed E-state index contributed by atoms with van der Waals surface area (Å²) in [5.74, 6) is -0.502. The number of ether oxygens (including phenoxy) is 1. The van der Waals surface area contributed by atoms with Gasteiger partial charge in [-0.15, -0.1) is 0 Å². The number of aromatic nitrogens is 2. The normalized spacial score (nSPS) is 18.9. The van der Waals surface area contributed by atoms with Gasteiger partial charge in [0.25, 0.3) is 0 Å². The van der Waals surface area contributed by atoms with Crippen LogP contribution in [0, 0.1) is 11.6 Å². The van der Waals surface area contributed by atoms with E-state index in [4.69, 9.17) is 4.74 Å². The maximum absolute atomic E-state index is 14.8. The molecule has 0 spiro atoms. The van der Waals surface area contributed by atoms with Crippen LogP contribution in [0.4, 0.5) is 8.78 Å². The number of imidazole rings is 1. The van der Waals surface area contributed by atoms with Crippen LogP contribution < -0.4 is 15.7 Å². The molecule has 0 fully saturated rings. The fourth-order valence-electron chi connectivity index (χ4n) is 3.95. The number of halogens is 2. The molecule has 4 rings (SSSR count). The number of nitrogens with one attached hydrogen (secondary N) is 1. The van der Waals surface area contributed by atoms with Gasteiger partial charge in [0.05, 0.1) is 5.52 Å². The number of para-hydroxylation sites is 1. The molecule has 0 saturated carbocycles. The highest BCUT2D eigenvalue weighted by Gasteiger charge is 2.38. The molecule has 2 heterocycles. The van der Waals surface area contributed by atoms with Crippen molar-refractivity contribution in [3.8, 4) is 5.75 Å². The largest absolute Gasteiger partial charge is 0.486 e. The van der Waals surface area contributed by atoms with E-state index in [2.05, 4.69) is 5.32 Å². The fraction of sp³-hybridized carbons (Fsp3) is 0.350. The van der Waals surface area contributed by atoms with Crippen molar-refractivity contribution in [1.82, 2.24) is 14.5 Å². The standard InChI is InChI=1S/C20H21F2N3O2/c1-11(2)24-15-6-4-5-14(22)19(15)25(20(24)26)18-13-8-7-12(21)9-16(13)27-17(18)10-23-3/h4-9,11,17-18,23H,10H2,1-3H3/t17-,18-/m0/s1. The molecule has 0 amide bonds. The Kier molecular flexibility index (Phi) is 4.26. The van der Waals surface area contributed by atoms with E-state index in [0.717, 1.165) is 0 Å². The van der Waals surface area contributed by atoms with Gasteiger partial charge < -0.3 is 10.1 Å². The minimum absolute atomic E-state index is 0.138. The molecular weight excluding hydrogens is 352 g/mol. The Morgan fingerprint density at radius 3 is 2.70 bits per heavy atom. The van der Waals surface area contributed by atoms with Gasteiger partial charge in [-0.2, -0.15) is 0 Å². The van der Waals surface area contributed by atoms with Gasteiger partial charge in [-0.1, -0.05) is 12.1 Å². The predicted octanol–water partition coefficient (Wildman–Crippen LogP) is 3.23. The van der Waals surface area contributed by atoms with Crippen LogP contribution in [0.25, 0.3) is 11.0 Å². The summed E-state index contributed by atoms with van der Waals surface area (Å²) in [6.45, 7) is 4.20. The molecule has 0 radical (unpaired) electrons. The molecule has 2 atom stereocenters. The topological polar surface area (TPSA) is 48.2 Å². The quantitative estimate of drug-likeness (QED) is 0.764. The van der Waals surface area contributed by atoms with Crippen molar-refractivity contribution in [2.45, 2.75) is 32.0 Å². The summed E-state index contributed by atoms with van der Waals surface area (Å²) in [6.07, 6.45) is -0.463. The lowest BCUT2D eigenvalue weighted by atomic mass is 10.0. The van der Waals surface area contributed by atoms with E-state index >= 15 is 0 Å². The first-order chi connectivity index (χ1) is 12.9. The minimum Gasteiger partial charge on any atom is -0.486 e. The zero-order valence-electron chi connectivity index (χ0n) is 15.4. The molecule has 0 unspecified atom stereocenters. The molecule has 0 aliphatic carbocycles. The SMILES string of the molecule is CNC[C@@H]1Oc2cc(F)ccc2[C@@H]1n1c(=O)n(C(C)C)c2cccc(F)c21. The number of hydrogen-bond acceptors (Lipinski definition) is 3. The molecule has 0 bridgehead atoms. The van der Waals surface area contributed by atoms with Gasteiger partial charge in [0, 0.05) is 24.2 Å². The lowest BCUT2D eigenvalue weighted by Gasteiger charge is -2.20. The van der Waals surface area contributed by atoms with Crippen molar-refractivity contribution in [3.05, 3.63) is 64.1 Å². The number of likely N-dealkylation sites (N-methyl/N-ethyl adjacent to an activating group) is 1. The summed E-state index contributed by atoms with van der Waals surface area (Å²) in [6, 6.07) is 8.24. The number of benzene rings is 2. The highest BCUT2D eigenvalue weighted by Crippen LogP contribution is 2.40. The molecule has 5 nitrogen and oxygen atoms in total. The lowest BCUT2D eigenvalue weighted by molar-refractivity contribution is 0.191. The molecule has 27 heavy (non-hydrogen) atoms. The second-order valence-electron chi connectivity index (χ2n) is 7.06. The summed E-state index contributed by atoms with van der Waals surface area (Å²) < 4.78 is 37.5. The Hall–Kier alpha value is -2.67. The molecule has 3 aromatic rings. The number of fused-ring (bicyclic) bond motifs is 2. The van der Waals surface area contributed by atoms with Crippen molar-refractivity contribution >= 4 is 11.0 Å². The summed E-state index contributed by atoms with van der Waals surface area (Å²) in [4.78, 5) is 13.3. The van der Waals surface area contributed by atoms with Crippen molar-refractivity contribution in [1.29, 1.82) is 0 Å². The van der Waals surface area contributed by atoms with Gasteiger partial charge in [-0.05, 0) is 39.1 Å². The van der Waals surface area contributed by atoms with E-state index in [-0.39, 0.29) is 17.2 Å². The summed E-state index contributed by atoms with van der Waals surface area (Å²) in [5.41, 5.74) is 1.14. The van der Waals surface area contributed by atoms with E-state index in [9.17, 15) is 13.6 Å². The molecule has 2 aromatic carbocycles. The molecule has 0 saturated heterocycles. The zero-order valence-corrected chi connectivity index (χ0v) is 15.4. The molecule has 1 N–H and O–H groups in total. The summed E-state index contributed by atoms with van der Waals surface area (Å²) >= 11 is 0. The van der Waals surface area contributed by atoms with Gasteiger partial charge >= 0.3 is 5.69 Å². The van der Waals surface area contributed by atoms with Crippen LogP contribution in [0.3, 0.4) is 0 Å². The molecule has 1 aliphatic rings. The molecule has 1 aromatic heterocycles. The van der Waals surface area contributed by atoms with Crippen molar-refractivity contribution in [2.75, 3.05) is 13.6 Å². The van der Waals surface area contributed by atoms with E-state index in [1.54, 1.807) is 29.8 Å². The van der Waals surface area contributed by atoms with Gasteiger partial charge in [0.2, 0.25) is 0 Å². The van der Waals surface area contributed by atoms with Gasteiger partial charge in [0.15, 0.2) is 0 Å². The van der Waals surface area contributed by atoms with E-state index in [0.29, 0.717) is 23.4 Å². The molecule has 142 valence electrons. The second-order valence-corrected chi connectivity index (χ2v) is 7.06. The highest BCUT2D eigenvalue weighted by molar-refractivity contribution is 5.77. The zero-order chi connectivity index (χ0) is 19.3. The monoisotopic (exact) mass is 373 g/mol. The fourth-order valence-corrected chi connectivity index (χ4v) is 3.95. The Morgan fingerprint density at radius 2 is 2.00 bits per heavy atom. The maximum atomic E-state index is 14.8. The molecular formula is C20H21F2N3O2. The van der Waals surface area contributed by atoms with Crippen LogP contribution in [-0.2, 0) is 0 Å². The summed E-state index contributed by atoms with van der Waals surface area (Å²) in [5, 5.41) is 3.04. The average molecular weight is 373 g/mol. The Balaban J connectivity index is 2.04. The minimum atomic E-state index is -0.556. The van der Waals surface area contributed by atoms with Crippen LogP contribution in [0.15, 0.2) is 41.2 Å². The number of rotatable bonds is 4. The maximum Gasteiger partial charge on any atom is 0.330 e. The van der Waals surface area contributed by atoms with Crippen LogP contribution in [0.1, 0.15) is 31.5 Å². The van der Waals surface area contributed by atoms with Crippen molar-refractivity contribution in [2.24, 2.45) is 0 Å². The Bertz CT molecular complexity index is 1070. The second kappa shape index (κ2) is 6.49. The van der Waals surface area contributed by atoms with Gasteiger partial charge in [0.1, 0.15) is 35.0 Å². The summed E-state index contributed by atoms with van der Waals surface area (Å²) in [7, 11) is 1.77. The first-order valence-electron chi connectivity index (χ1n) is 8.95. The number of nitrogens with zero attached hydrogens (tertiary/aromatic N) is 2. The van der Waals surface area contributed by atoms with Crippen LogP contribution in [0.2, 0.25) is 0 Å². The number of hydrogen-bond donors (Lipinski definition) is 1. The lowest BCUT2D eigenvalue weighted by Crippen LogP contribution is -2.38. The van der Waals surface area contributed by atoms with Gasteiger partial charge in [-0.25, -0.2) is 13.6 Å². The Morgan fingerprint density at radius 1 is 1.22 bits per heavy atom. The van der Waals surface area contributed by atoms with Crippen LogP contribution >= 0.6 is 0 Å². The van der Waals surface area contributed by atoms with Gasteiger partial charge in [-0.3, -0.25) is 9.13 Å². The van der Waals surface area contributed by atoms with Crippen molar-refractivity contribution < 1.29 is 13.5 Å². The van der Waals surface area contributed by atoms with E-state index in [1.807, 2.05) is 13.8 Å². The average Bonchev–Trinajstić information content (AvgIpc) is 3.09. The predicted molar refractivity (Wildman–Crippen MR) is 99.4 cm³/mol. The van der Waals surface area contributed by atoms with E-state index in [1.165, 1.54) is 22.8 Å². The first kappa shape index (κ1) is 17.7. The van der Waals surface area contributed by atoms with Crippen LogP contribution in [0.5, 0.6) is 5.75 Å². The molecule has 7 heteroatoms. The highest BCUT2D eigenvalue weighted by atomic mass is 19.1. The van der Waals surface area contributed by atoms with Crippen LogP contribution in [-0.4, -0.2) is 28.8 Å². The van der Waals surface area contributed by atoms with E-state index < -0.39 is 23.8 Å².